The van der Waals surface area contributed by atoms with E-state index in [1.54, 1.807) is 0 Å². The Labute approximate surface area is 150 Å². The lowest BCUT2D eigenvalue weighted by Crippen LogP contribution is -2.25. The fourth-order valence-corrected chi connectivity index (χ4v) is 3.25. The number of hydrogen-bond acceptors (Lipinski definition) is 3. The molecule has 0 aromatic heterocycles. The molecule has 1 amide bonds. The van der Waals surface area contributed by atoms with Crippen LogP contribution in [0.5, 0.6) is 0 Å². The molecule has 0 aliphatic carbocycles. The van der Waals surface area contributed by atoms with Crippen molar-refractivity contribution in [2.45, 2.75) is 50.8 Å². The lowest BCUT2D eigenvalue weighted by molar-refractivity contribution is 0.0953. The van der Waals surface area contributed by atoms with Crippen molar-refractivity contribution < 1.29 is 13.2 Å². The number of hydrogen-bond donors (Lipinski definition) is 2. The highest BCUT2D eigenvalue weighted by Gasteiger charge is 2.17. The molecule has 0 bridgehead atoms. The van der Waals surface area contributed by atoms with Crippen LogP contribution in [-0.2, 0) is 10.0 Å². The van der Waals surface area contributed by atoms with Crippen LogP contribution in [0.15, 0.2) is 23.1 Å². The first kappa shape index (κ1) is 20.9. The van der Waals surface area contributed by atoms with Crippen LogP contribution >= 0.6 is 11.6 Å². The summed E-state index contributed by atoms with van der Waals surface area (Å²) in [6, 6.07) is 4.10. The minimum atomic E-state index is -3.60. The minimum absolute atomic E-state index is 0.0215. The molecule has 0 unspecified atom stereocenters. The van der Waals surface area contributed by atoms with Crippen LogP contribution in [0.3, 0.4) is 0 Å². The molecule has 1 aromatic carbocycles. The van der Waals surface area contributed by atoms with Crippen LogP contribution in [0.25, 0.3) is 0 Å². The molecular formula is C17H27ClN2O3S. The second-order valence-electron chi connectivity index (χ2n) is 6.20. The molecule has 0 heterocycles. The van der Waals surface area contributed by atoms with Crippen molar-refractivity contribution >= 4 is 27.5 Å². The molecule has 7 heteroatoms. The highest BCUT2D eigenvalue weighted by Crippen LogP contribution is 2.20. The van der Waals surface area contributed by atoms with Crippen molar-refractivity contribution in [2.75, 3.05) is 13.6 Å². The largest absolute Gasteiger partial charge is 0.352 e. The summed E-state index contributed by atoms with van der Waals surface area (Å²) in [5.74, 6) is 0.378. The van der Waals surface area contributed by atoms with Gasteiger partial charge in [-0.05, 0) is 37.6 Å². The Morgan fingerprint density at radius 1 is 1.17 bits per heavy atom. The molecule has 5 nitrogen and oxygen atoms in total. The highest BCUT2D eigenvalue weighted by molar-refractivity contribution is 7.89. The third kappa shape index (κ3) is 6.79. The van der Waals surface area contributed by atoms with Gasteiger partial charge in [0, 0.05) is 6.54 Å². The Kier molecular flexibility index (Phi) is 8.73. The normalized spacial score (nSPS) is 11.7. The predicted octanol–water partition coefficient (Wildman–Crippen LogP) is 3.58. The Hall–Kier alpha value is -1.11. The van der Waals surface area contributed by atoms with Gasteiger partial charge in [0.15, 0.2) is 0 Å². The third-order valence-electron chi connectivity index (χ3n) is 3.76. The number of carbonyl (C=O) groups is 1. The van der Waals surface area contributed by atoms with Crippen molar-refractivity contribution in [3.05, 3.63) is 28.8 Å². The average Bonchev–Trinajstić information content (AvgIpc) is 2.53. The number of amides is 1. The van der Waals surface area contributed by atoms with E-state index in [1.165, 1.54) is 38.1 Å². The summed E-state index contributed by atoms with van der Waals surface area (Å²) in [4.78, 5) is 12.2. The van der Waals surface area contributed by atoms with Gasteiger partial charge in [-0.15, -0.1) is 0 Å². The molecule has 0 aliphatic rings. The highest BCUT2D eigenvalue weighted by atomic mass is 35.5. The van der Waals surface area contributed by atoms with E-state index in [0.29, 0.717) is 6.54 Å². The number of unbranched alkanes of at least 4 members (excludes halogenated alkanes) is 3. The Balaban J connectivity index is 2.52. The summed E-state index contributed by atoms with van der Waals surface area (Å²) in [6.07, 6.45) is 5.56. The van der Waals surface area contributed by atoms with Crippen molar-refractivity contribution in [1.82, 2.24) is 10.0 Å². The Morgan fingerprint density at radius 2 is 1.83 bits per heavy atom. The molecule has 0 aliphatic heterocycles. The minimum Gasteiger partial charge on any atom is -0.352 e. The van der Waals surface area contributed by atoms with Crippen LogP contribution in [0.4, 0.5) is 0 Å². The summed E-state index contributed by atoms with van der Waals surface area (Å²) in [7, 11) is -2.28. The van der Waals surface area contributed by atoms with E-state index >= 15 is 0 Å². The third-order valence-corrected chi connectivity index (χ3v) is 5.50. The van der Waals surface area contributed by atoms with Gasteiger partial charge >= 0.3 is 0 Å². The Bertz CT molecular complexity index is 645. The summed E-state index contributed by atoms with van der Waals surface area (Å²) < 4.78 is 25.8. The van der Waals surface area contributed by atoms with Gasteiger partial charge in [-0.1, -0.05) is 51.1 Å². The molecule has 24 heavy (non-hydrogen) atoms. The van der Waals surface area contributed by atoms with Crippen LogP contribution in [-0.4, -0.2) is 27.9 Å². The zero-order valence-electron chi connectivity index (χ0n) is 14.6. The summed E-state index contributed by atoms with van der Waals surface area (Å²) in [5.41, 5.74) is 0.174. The average molecular weight is 375 g/mol. The second kappa shape index (κ2) is 10.0. The molecular weight excluding hydrogens is 348 g/mol. The number of sulfonamides is 1. The zero-order valence-corrected chi connectivity index (χ0v) is 16.1. The molecule has 0 saturated carbocycles. The SMILES string of the molecule is CNS(=O)(=O)c1ccc(Cl)c(C(=O)NCCCCCCC(C)C)c1. The lowest BCUT2D eigenvalue weighted by Gasteiger charge is -2.09. The number of carbonyl (C=O) groups excluding carboxylic acids is 1. The molecule has 0 atom stereocenters. The van der Waals surface area contributed by atoms with Gasteiger partial charge in [-0.3, -0.25) is 4.79 Å². The maximum atomic E-state index is 12.2. The van der Waals surface area contributed by atoms with Crippen LogP contribution in [0.1, 0.15) is 56.3 Å². The van der Waals surface area contributed by atoms with Gasteiger partial charge in [-0.25, -0.2) is 13.1 Å². The van der Waals surface area contributed by atoms with Gasteiger partial charge in [0.25, 0.3) is 5.91 Å². The number of benzene rings is 1. The molecule has 1 aromatic rings. The standard InChI is InChI=1S/C17H27ClN2O3S/c1-13(2)8-6-4-5-7-11-20-17(21)15-12-14(9-10-16(15)18)24(22,23)19-3/h9-10,12-13,19H,4-8,11H2,1-3H3,(H,20,21). The monoisotopic (exact) mass is 374 g/mol. The van der Waals surface area contributed by atoms with E-state index < -0.39 is 10.0 Å². The zero-order chi connectivity index (χ0) is 18.2. The van der Waals surface area contributed by atoms with E-state index in [0.717, 1.165) is 25.2 Å². The first-order chi connectivity index (χ1) is 11.3. The summed E-state index contributed by atoms with van der Waals surface area (Å²) >= 11 is 6.02. The summed E-state index contributed by atoms with van der Waals surface area (Å²) in [5, 5.41) is 3.03. The lowest BCUT2D eigenvalue weighted by atomic mass is 10.0. The van der Waals surface area contributed by atoms with E-state index in [4.69, 9.17) is 11.6 Å². The number of rotatable bonds is 10. The molecule has 0 radical (unpaired) electrons. The topological polar surface area (TPSA) is 75.3 Å². The van der Waals surface area contributed by atoms with E-state index in [-0.39, 0.29) is 21.4 Å². The summed E-state index contributed by atoms with van der Waals surface area (Å²) in [6.45, 7) is 4.98. The predicted molar refractivity (Wildman–Crippen MR) is 98.0 cm³/mol. The van der Waals surface area contributed by atoms with Gasteiger partial charge < -0.3 is 5.32 Å². The molecule has 0 saturated heterocycles. The van der Waals surface area contributed by atoms with Gasteiger partial charge in [0.05, 0.1) is 15.5 Å². The van der Waals surface area contributed by atoms with Crippen molar-refractivity contribution in [2.24, 2.45) is 5.92 Å². The molecule has 136 valence electrons. The van der Waals surface area contributed by atoms with Crippen molar-refractivity contribution in [3.8, 4) is 0 Å². The van der Waals surface area contributed by atoms with Crippen LogP contribution in [0, 0.1) is 5.92 Å². The van der Waals surface area contributed by atoms with Crippen LogP contribution < -0.4 is 10.0 Å². The van der Waals surface area contributed by atoms with E-state index in [9.17, 15) is 13.2 Å². The second-order valence-corrected chi connectivity index (χ2v) is 8.50. The van der Waals surface area contributed by atoms with Gasteiger partial charge in [0.1, 0.15) is 0 Å². The maximum absolute atomic E-state index is 12.2. The molecule has 0 spiro atoms. The van der Waals surface area contributed by atoms with Crippen LogP contribution in [0.2, 0.25) is 5.02 Å². The van der Waals surface area contributed by atoms with Crippen molar-refractivity contribution in [1.29, 1.82) is 0 Å². The fourth-order valence-electron chi connectivity index (χ4n) is 2.29. The first-order valence-electron chi connectivity index (χ1n) is 8.29. The quantitative estimate of drug-likeness (QED) is 0.614. The smallest absolute Gasteiger partial charge is 0.252 e. The first-order valence-corrected chi connectivity index (χ1v) is 10.2. The van der Waals surface area contributed by atoms with Gasteiger partial charge in [0.2, 0.25) is 10.0 Å². The van der Waals surface area contributed by atoms with E-state index in [2.05, 4.69) is 23.9 Å². The fraction of sp³-hybridized carbons (Fsp3) is 0.588. The van der Waals surface area contributed by atoms with E-state index in [1.807, 2.05) is 0 Å². The molecule has 1 rings (SSSR count). The molecule has 0 fully saturated rings. The maximum Gasteiger partial charge on any atom is 0.252 e. The number of halogens is 1. The van der Waals surface area contributed by atoms with Crippen molar-refractivity contribution in [3.63, 3.8) is 0 Å². The van der Waals surface area contributed by atoms with Gasteiger partial charge in [-0.2, -0.15) is 0 Å². The number of nitrogens with one attached hydrogen (secondary N) is 2. The Morgan fingerprint density at radius 3 is 2.46 bits per heavy atom. The molecule has 2 N–H and O–H groups in total.